The second-order valence-electron chi connectivity index (χ2n) is 3.64. The maximum atomic E-state index is 12.0. The fourth-order valence-corrected chi connectivity index (χ4v) is 2.35. The second kappa shape index (κ2) is 4.98. The van der Waals surface area contributed by atoms with Gasteiger partial charge in [0.2, 0.25) is 6.17 Å². The van der Waals surface area contributed by atoms with Crippen LogP contribution < -0.4 is 5.32 Å². The normalized spacial score (nSPS) is 11.8. The number of amides is 1. The van der Waals surface area contributed by atoms with Crippen LogP contribution in [-0.4, -0.2) is 20.7 Å². The summed E-state index contributed by atoms with van der Waals surface area (Å²) in [4.78, 5) is 16.7. The first-order chi connectivity index (χ1) is 8.61. The molecule has 18 heavy (non-hydrogen) atoms. The Morgan fingerprint density at radius 3 is 2.89 bits per heavy atom. The number of nitrogens with zero attached hydrogens (tertiary/aromatic N) is 4. The molecule has 0 aliphatic carbocycles. The zero-order chi connectivity index (χ0) is 13.1. The topological polar surface area (TPSA) is 83.6 Å². The van der Waals surface area contributed by atoms with E-state index in [0.717, 1.165) is 5.01 Å². The molecule has 7 heteroatoms. The standard InChI is InChI=1S/C11H11N5OS/c1-7-10(18-8(2)14-7)11(17)15-9(6-12)16-5-3-4-13-16/h3-5,9H,1-2H3,(H,15,17). The van der Waals surface area contributed by atoms with E-state index in [9.17, 15) is 4.79 Å². The van der Waals surface area contributed by atoms with Gasteiger partial charge < -0.3 is 5.32 Å². The highest BCUT2D eigenvalue weighted by atomic mass is 32.1. The number of thiazole rings is 1. The average molecular weight is 261 g/mol. The predicted octanol–water partition coefficient (Wildman–Crippen LogP) is 1.41. The van der Waals surface area contributed by atoms with Crippen LogP contribution in [0, 0.1) is 25.2 Å². The van der Waals surface area contributed by atoms with Gasteiger partial charge in [0.1, 0.15) is 10.9 Å². The van der Waals surface area contributed by atoms with Gasteiger partial charge in [0, 0.05) is 12.4 Å². The number of nitriles is 1. The molecular weight excluding hydrogens is 250 g/mol. The number of nitrogens with one attached hydrogen (secondary N) is 1. The molecule has 92 valence electrons. The molecule has 1 N–H and O–H groups in total. The van der Waals surface area contributed by atoms with E-state index in [0.29, 0.717) is 10.6 Å². The monoisotopic (exact) mass is 261 g/mol. The minimum atomic E-state index is -0.811. The maximum Gasteiger partial charge on any atom is 0.265 e. The van der Waals surface area contributed by atoms with Crippen molar-refractivity contribution < 1.29 is 4.79 Å². The summed E-state index contributed by atoms with van der Waals surface area (Å²) in [7, 11) is 0. The highest BCUT2D eigenvalue weighted by Crippen LogP contribution is 2.17. The summed E-state index contributed by atoms with van der Waals surface area (Å²) in [5.41, 5.74) is 0.673. The third kappa shape index (κ3) is 2.38. The molecule has 0 saturated carbocycles. The molecule has 0 aliphatic rings. The van der Waals surface area contributed by atoms with Crippen molar-refractivity contribution in [2.45, 2.75) is 20.0 Å². The van der Waals surface area contributed by atoms with Crippen LogP contribution in [0.4, 0.5) is 0 Å². The highest BCUT2D eigenvalue weighted by molar-refractivity contribution is 7.13. The van der Waals surface area contributed by atoms with Crippen LogP contribution in [0.25, 0.3) is 0 Å². The number of carbonyl (C=O) groups is 1. The van der Waals surface area contributed by atoms with Gasteiger partial charge in [-0.15, -0.1) is 11.3 Å². The summed E-state index contributed by atoms with van der Waals surface area (Å²) < 4.78 is 1.39. The first-order valence-electron chi connectivity index (χ1n) is 5.25. The van der Waals surface area contributed by atoms with Crippen molar-refractivity contribution in [3.05, 3.63) is 34.0 Å². The van der Waals surface area contributed by atoms with Gasteiger partial charge in [-0.3, -0.25) is 4.79 Å². The number of hydrogen-bond acceptors (Lipinski definition) is 5. The van der Waals surface area contributed by atoms with Gasteiger partial charge in [-0.05, 0) is 19.9 Å². The van der Waals surface area contributed by atoms with E-state index in [1.54, 1.807) is 25.4 Å². The molecular formula is C11H11N5OS. The zero-order valence-electron chi connectivity index (χ0n) is 9.91. The Balaban J connectivity index is 2.16. The Hall–Kier alpha value is -2.20. The molecule has 2 aromatic heterocycles. The van der Waals surface area contributed by atoms with Crippen LogP contribution in [0.5, 0.6) is 0 Å². The Morgan fingerprint density at radius 2 is 2.39 bits per heavy atom. The molecule has 0 spiro atoms. The summed E-state index contributed by atoms with van der Waals surface area (Å²) in [6.07, 6.45) is 2.37. The van der Waals surface area contributed by atoms with Crippen molar-refractivity contribution in [1.29, 1.82) is 5.26 Å². The third-order valence-corrected chi connectivity index (χ3v) is 3.36. The number of hydrogen-bond donors (Lipinski definition) is 1. The molecule has 0 radical (unpaired) electrons. The fraction of sp³-hybridized carbons (Fsp3) is 0.273. The molecule has 1 amide bonds. The summed E-state index contributed by atoms with van der Waals surface area (Å²) in [6, 6.07) is 3.68. The zero-order valence-corrected chi connectivity index (χ0v) is 10.7. The molecule has 0 aromatic carbocycles. The molecule has 1 atom stereocenters. The predicted molar refractivity (Wildman–Crippen MR) is 65.9 cm³/mol. The van der Waals surface area contributed by atoms with Crippen molar-refractivity contribution in [2.75, 3.05) is 0 Å². The largest absolute Gasteiger partial charge is 0.318 e. The van der Waals surface area contributed by atoms with Crippen molar-refractivity contribution in [3.8, 4) is 6.07 Å². The van der Waals surface area contributed by atoms with E-state index < -0.39 is 6.17 Å². The van der Waals surface area contributed by atoms with Gasteiger partial charge in [0.25, 0.3) is 5.91 Å². The second-order valence-corrected chi connectivity index (χ2v) is 4.84. The Morgan fingerprint density at radius 1 is 1.61 bits per heavy atom. The minimum absolute atomic E-state index is 0.305. The molecule has 2 rings (SSSR count). The van der Waals surface area contributed by atoms with Gasteiger partial charge >= 0.3 is 0 Å². The van der Waals surface area contributed by atoms with E-state index in [2.05, 4.69) is 15.4 Å². The van der Waals surface area contributed by atoms with Crippen LogP contribution in [0.3, 0.4) is 0 Å². The van der Waals surface area contributed by atoms with Crippen LogP contribution in [0.15, 0.2) is 18.5 Å². The van der Waals surface area contributed by atoms with Crippen LogP contribution in [0.1, 0.15) is 26.5 Å². The molecule has 0 fully saturated rings. The van der Waals surface area contributed by atoms with Crippen LogP contribution in [-0.2, 0) is 0 Å². The average Bonchev–Trinajstić information content (AvgIpc) is 2.95. The first-order valence-corrected chi connectivity index (χ1v) is 6.07. The van der Waals surface area contributed by atoms with Gasteiger partial charge in [-0.1, -0.05) is 0 Å². The van der Waals surface area contributed by atoms with Gasteiger partial charge in [-0.2, -0.15) is 10.4 Å². The Bertz CT molecular complexity index is 595. The van der Waals surface area contributed by atoms with Crippen molar-refractivity contribution in [1.82, 2.24) is 20.1 Å². The SMILES string of the molecule is Cc1nc(C)c(C(=O)NC(C#N)n2cccn2)s1. The summed E-state index contributed by atoms with van der Waals surface area (Å²) in [5, 5.41) is 16.4. The Labute approximate surface area is 108 Å². The summed E-state index contributed by atoms with van der Waals surface area (Å²) >= 11 is 1.31. The number of aryl methyl sites for hydroxylation is 2. The van der Waals surface area contributed by atoms with Crippen LogP contribution in [0.2, 0.25) is 0 Å². The molecule has 0 saturated heterocycles. The number of carbonyl (C=O) groups excluding carboxylic acids is 1. The molecule has 1 unspecified atom stereocenters. The fourth-order valence-electron chi connectivity index (χ4n) is 1.52. The maximum absolute atomic E-state index is 12.0. The van der Waals surface area contributed by atoms with Gasteiger partial charge in [-0.25, -0.2) is 9.67 Å². The lowest BCUT2D eigenvalue weighted by Gasteiger charge is -2.11. The first kappa shape index (κ1) is 12.3. The molecule has 0 bridgehead atoms. The number of aromatic nitrogens is 3. The van der Waals surface area contributed by atoms with Gasteiger partial charge in [0.15, 0.2) is 0 Å². The molecule has 0 aliphatic heterocycles. The number of rotatable bonds is 3. The van der Waals surface area contributed by atoms with Crippen molar-refractivity contribution in [2.24, 2.45) is 0 Å². The smallest absolute Gasteiger partial charge is 0.265 e. The lowest BCUT2D eigenvalue weighted by Crippen LogP contribution is -2.31. The summed E-state index contributed by atoms with van der Waals surface area (Å²) in [6.45, 7) is 3.61. The Kier molecular flexibility index (Phi) is 3.39. The van der Waals surface area contributed by atoms with E-state index in [1.165, 1.54) is 16.0 Å². The van der Waals surface area contributed by atoms with Crippen molar-refractivity contribution in [3.63, 3.8) is 0 Å². The van der Waals surface area contributed by atoms with Crippen LogP contribution >= 0.6 is 11.3 Å². The third-order valence-electron chi connectivity index (χ3n) is 2.29. The van der Waals surface area contributed by atoms with Gasteiger partial charge in [0.05, 0.1) is 10.7 Å². The summed E-state index contributed by atoms with van der Waals surface area (Å²) in [5.74, 6) is -0.305. The van der Waals surface area contributed by atoms with E-state index in [-0.39, 0.29) is 5.91 Å². The lowest BCUT2D eigenvalue weighted by atomic mass is 10.3. The van der Waals surface area contributed by atoms with Crippen molar-refractivity contribution >= 4 is 17.2 Å². The lowest BCUT2D eigenvalue weighted by molar-refractivity contribution is 0.0934. The minimum Gasteiger partial charge on any atom is -0.318 e. The molecule has 2 heterocycles. The quantitative estimate of drug-likeness (QED) is 0.905. The molecule has 6 nitrogen and oxygen atoms in total. The van der Waals surface area contributed by atoms with E-state index >= 15 is 0 Å². The highest BCUT2D eigenvalue weighted by Gasteiger charge is 2.18. The molecule has 2 aromatic rings. The van der Waals surface area contributed by atoms with E-state index in [4.69, 9.17) is 5.26 Å². The van der Waals surface area contributed by atoms with E-state index in [1.807, 2.05) is 13.0 Å².